The van der Waals surface area contributed by atoms with E-state index >= 15 is 0 Å². The molecule has 3 aromatic rings. The quantitative estimate of drug-likeness (QED) is 0.738. The molecular weight excluding hydrogens is 366 g/mol. The molecule has 5 rings (SSSR count). The SMILES string of the molecule is CC1CN(C(=O)c2cn(C3CC3)c3cc(F)c(F)cc3c2=O)Cc2cn[nH]c21. The lowest BCUT2D eigenvalue weighted by molar-refractivity contribution is 0.0718. The van der Waals surface area contributed by atoms with Gasteiger partial charge in [-0.25, -0.2) is 8.78 Å². The number of rotatable bonds is 2. The van der Waals surface area contributed by atoms with Crippen molar-refractivity contribution in [3.63, 3.8) is 0 Å². The first-order valence-corrected chi connectivity index (χ1v) is 9.29. The molecule has 1 atom stereocenters. The number of hydrogen-bond donors (Lipinski definition) is 1. The molecule has 1 aliphatic carbocycles. The van der Waals surface area contributed by atoms with E-state index in [2.05, 4.69) is 10.2 Å². The number of pyridine rings is 1. The molecule has 1 amide bonds. The summed E-state index contributed by atoms with van der Waals surface area (Å²) in [5.41, 5.74) is 1.66. The predicted octanol–water partition coefficient (Wildman–Crippen LogP) is 3.10. The van der Waals surface area contributed by atoms with Crippen molar-refractivity contribution in [3.05, 3.63) is 63.2 Å². The van der Waals surface area contributed by atoms with E-state index in [-0.39, 0.29) is 22.9 Å². The van der Waals surface area contributed by atoms with Crippen molar-refractivity contribution >= 4 is 16.8 Å². The van der Waals surface area contributed by atoms with Crippen LogP contribution in [-0.2, 0) is 6.54 Å². The molecule has 8 heteroatoms. The third-order valence-electron chi connectivity index (χ3n) is 5.63. The van der Waals surface area contributed by atoms with Crippen LogP contribution in [0.4, 0.5) is 8.78 Å². The molecule has 0 radical (unpaired) electrons. The van der Waals surface area contributed by atoms with E-state index in [1.165, 1.54) is 6.20 Å². The largest absolute Gasteiger partial charge is 0.343 e. The zero-order valence-electron chi connectivity index (χ0n) is 15.2. The number of nitrogens with one attached hydrogen (secondary N) is 1. The lowest BCUT2D eigenvalue weighted by Gasteiger charge is -2.30. The third-order valence-corrected chi connectivity index (χ3v) is 5.63. The van der Waals surface area contributed by atoms with E-state index in [0.717, 1.165) is 36.2 Å². The first-order valence-electron chi connectivity index (χ1n) is 9.29. The van der Waals surface area contributed by atoms with Gasteiger partial charge in [0.15, 0.2) is 11.6 Å². The van der Waals surface area contributed by atoms with Crippen molar-refractivity contribution in [1.29, 1.82) is 0 Å². The molecule has 1 saturated carbocycles. The molecule has 0 spiro atoms. The van der Waals surface area contributed by atoms with Gasteiger partial charge in [0, 0.05) is 54.0 Å². The third kappa shape index (κ3) is 2.55. The number of carbonyl (C=O) groups excluding carboxylic acids is 1. The Hall–Kier alpha value is -3.03. The maximum atomic E-state index is 13.8. The predicted molar refractivity (Wildman–Crippen MR) is 98.1 cm³/mol. The molecular formula is C20H18F2N4O2. The van der Waals surface area contributed by atoms with E-state index in [9.17, 15) is 18.4 Å². The van der Waals surface area contributed by atoms with Gasteiger partial charge in [0.2, 0.25) is 5.43 Å². The highest BCUT2D eigenvalue weighted by Crippen LogP contribution is 2.37. The van der Waals surface area contributed by atoms with Crippen LogP contribution in [0.3, 0.4) is 0 Å². The summed E-state index contributed by atoms with van der Waals surface area (Å²) in [6.45, 7) is 2.79. The number of nitrogens with zero attached hydrogens (tertiary/aromatic N) is 3. The summed E-state index contributed by atoms with van der Waals surface area (Å²) in [7, 11) is 0. The topological polar surface area (TPSA) is 71.0 Å². The van der Waals surface area contributed by atoms with Gasteiger partial charge in [-0.15, -0.1) is 0 Å². The standard InChI is InChI=1S/C20H18F2N4O2/c1-10-7-25(8-11-6-23-24-18(10)11)20(28)14-9-26(12-2-3-12)17-5-16(22)15(21)4-13(17)19(14)27/h4-6,9-10,12H,2-3,7-8H2,1H3,(H,23,24). The van der Waals surface area contributed by atoms with Crippen molar-refractivity contribution in [3.8, 4) is 0 Å². The molecule has 3 heterocycles. The zero-order valence-corrected chi connectivity index (χ0v) is 15.2. The molecule has 144 valence electrons. The average molecular weight is 384 g/mol. The molecule has 0 bridgehead atoms. The Morgan fingerprint density at radius 2 is 2.00 bits per heavy atom. The van der Waals surface area contributed by atoms with Gasteiger partial charge in [-0.2, -0.15) is 5.10 Å². The number of hydrogen-bond acceptors (Lipinski definition) is 3. The van der Waals surface area contributed by atoms with Gasteiger partial charge in [0.05, 0.1) is 11.7 Å². The fourth-order valence-corrected chi connectivity index (χ4v) is 4.04. The van der Waals surface area contributed by atoms with Crippen LogP contribution in [0.5, 0.6) is 0 Å². The zero-order chi connectivity index (χ0) is 19.6. The van der Waals surface area contributed by atoms with Crippen LogP contribution in [-0.4, -0.2) is 32.1 Å². The van der Waals surface area contributed by atoms with Crippen LogP contribution in [0.25, 0.3) is 10.9 Å². The Morgan fingerprint density at radius 3 is 2.75 bits per heavy atom. The first kappa shape index (κ1) is 17.1. The molecule has 0 saturated heterocycles. The van der Waals surface area contributed by atoms with Gasteiger partial charge in [-0.3, -0.25) is 14.7 Å². The Kier molecular flexibility index (Phi) is 3.65. The van der Waals surface area contributed by atoms with Crippen molar-refractivity contribution in [2.75, 3.05) is 6.54 Å². The van der Waals surface area contributed by atoms with E-state index in [0.29, 0.717) is 18.6 Å². The molecule has 28 heavy (non-hydrogen) atoms. The minimum atomic E-state index is -1.09. The van der Waals surface area contributed by atoms with E-state index < -0.39 is 23.0 Å². The number of benzene rings is 1. The smallest absolute Gasteiger partial charge is 0.259 e. The summed E-state index contributed by atoms with van der Waals surface area (Å²) in [5.74, 6) is -2.43. The summed E-state index contributed by atoms with van der Waals surface area (Å²) >= 11 is 0. The van der Waals surface area contributed by atoms with Crippen LogP contribution < -0.4 is 5.43 Å². The number of carbonyl (C=O) groups is 1. The summed E-state index contributed by atoms with van der Waals surface area (Å²) in [5, 5.41) is 7.02. The summed E-state index contributed by atoms with van der Waals surface area (Å²) in [6, 6.07) is 2.04. The number of aromatic amines is 1. The monoisotopic (exact) mass is 384 g/mol. The van der Waals surface area contributed by atoms with E-state index in [1.54, 1.807) is 15.7 Å². The number of aromatic nitrogens is 3. The number of halogens is 2. The number of fused-ring (bicyclic) bond motifs is 2. The van der Waals surface area contributed by atoms with Gasteiger partial charge in [0.1, 0.15) is 5.56 Å². The molecule has 1 aromatic carbocycles. The van der Waals surface area contributed by atoms with Crippen molar-refractivity contribution in [1.82, 2.24) is 19.7 Å². The minimum absolute atomic E-state index is 0.00967. The summed E-state index contributed by atoms with van der Waals surface area (Å²) in [6.07, 6.45) is 4.96. The molecule has 1 N–H and O–H groups in total. The Balaban J connectivity index is 1.63. The van der Waals surface area contributed by atoms with Crippen LogP contribution in [0, 0.1) is 11.6 Å². The molecule has 6 nitrogen and oxygen atoms in total. The summed E-state index contributed by atoms with van der Waals surface area (Å²) in [4.78, 5) is 27.8. The molecule has 2 aliphatic rings. The molecule has 1 aliphatic heterocycles. The van der Waals surface area contributed by atoms with Crippen molar-refractivity contribution < 1.29 is 13.6 Å². The fourth-order valence-electron chi connectivity index (χ4n) is 4.04. The van der Waals surface area contributed by atoms with Crippen molar-refractivity contribution in [2.24, 2.45) is 0 Å². The maximum absolute atomic E-state index is 13.8. The lowest BCUT2D eigenvalue weighted by atomic mass is 9.97. The van der Waals surface area contributed by atoms with Gasteiger partial charge < -0.3 is 9.47 Å². The van der Waals surface area contributed by atoms with Crippen LogP contribution in [0.2, 0.25) is 0 Å². The second-order valence-corrected chi connectivity index (χ2v) is 7.69. The van der Waals surface area contributed by atoms with Crippen LogP contribution in [0.1, 0.15) is 53.3 Å². The minimum Gasteiger partial charge on any atom is -0.343 e. The van der Waals surface area contributed by atoms with Crippen LogP contribution in [0.15, 0.2) is 29.3 Å². The van der Waals surface area contributed by atoms with Crippen molar-refractivity contribution in [2.45, 2.75) is 38.3 Å². The highest BCUT2D eigenvalue weighted by atomic mass is 19.2. The Morgan fingerprint density at radius 1 is 1.25 bits per heavy atom. The second kappa shape index (κ2) is 5.98. The van der Waals surface area contributed by atoms with E-state index in [4.69, 9.17) is 0 Å². The maximum Gasteiger partial charge on any atom is 0.259 e. The normalized spacial score (nSPS) is 19.1. The fraction of sp³-hybridized carbons (Fsp3) is 0.350. The molecule has 1 unspecified atom stereocenters. The van der Waals surface area contributed by atoms with Gasteiger partial charge >= 0.3 is 0 Å². The van der Waals surface area contributed by atoms with E-state index in [1.807, 2.05) is 6.92 Å². The number of amides is 1. The average Bonchev–Trinajstić information content (AvgIpc) is 3.39. The Labute approximate surface area is 158 Å². The van der Waals surface area contributed by atoms with Gasteiger partial charge in [0.25, 0.3) is 5.91 Å². The Bertz CT molecular complexity index is 1180. The highest BCUT2D eigenvalue weighted by molar-refractivity contribution is 5.97. The van der Waals surface area contributed by atoms with Crippen LogP contribution >= 0.6 is 0 Å². The number of H-pyrrole nitrogens is 1. The molecule has 1 fully saturated rings. The molecule has 2 aromatic heterocycles. The summed E-state index contributed by atoms with van der Waals surface area (Å²) < 4.78 is 29.3. The first-order chi connectivity index (χ1) is 13.4. The highest BCUT2D eigenvalue weighted by Gasteiger charge is 2.31. The van der Waals surface area contributed by atoms with Gasteiger partial charge in [-0.05, 0) is 18.9 Å². The second-order valence-electron chi connectivity index (χ2n) is 7.69. The lowest BCUT2D eigenvalue weighted by Crippen LogP contribution is -2.39. The van der Waals surface area contributed by atoms with Gasteiger partial charge in [-0.1, -0.05) is 6.92 Å².